The highest BCUT2D eigenvalue weighted by Crippen LogP contribution is 2.14. The Balaban J connectivity index is 2.37. The highest BCUT2D eigenvalue weighted by Gasteiger charge is 2.02. The molecule has 0 radical (unpaired) electrons. The van der Waals surface area contributed by atoms with Crippen LogP contribution in [0.2, 0.25) is 0 Å². The number of hydrogen-bond donors (Lipinski definition) is 0. The number of fused-ring (bicyclic) bond motifs is 1. The van der Waals surface area contributed by atoms with Crippen LogP contribution in [-0.4, -0.2) is 4.98 Å². The van der Waals surface area contributed by atoms with Gasteiger partial charge in [0.05, 0.1) is 6.26 Å². The van der Waals surface area contributed by atoms with Crippen LogP contribution in [0.15, 0.2) is 28.9 Å². The lowest BCUT2D eigenvalue weighted by atomic mass is 10.1. The molecule has 0 aromatic carbocycles. The van der Waals surface area contributed by atoms with Crippen molar-refractivity contribution in [2.45, 2.75) is 20.3 Å². The van der Waals surface area contributed by atoms with Gasteiger partial charge in [-0.1, -0.05) is 13.8 Å². The second-order valence-electron chi connectivity index (χ2n) is 3.72. The first-order valence-corrected chi connectivity index (χ1v) is 4.59. The molecule has 0 fully saturated rings. The molecular weight excluding hydrogens is 162 g/mol. The fourth-order valence-electron chi connectivity index (χ4n) is 1.41. The minimum atomic E-state index is 0.639. The summed E-state index contributed by atoms with van der Waals surface area (Å²) in [5, 5.41) is 1.08. The molecular formula is C11H13NO. The summed E-state index contributed by atoms with van der Waals surface area (Å²) in [4.78, 5) is 4.41. The van der Waals surface area contributed by atoms with Gasteiger partial charge < -0.3 is 4.42 Å². The van der Waals surface area contributed by atoms with Gasteiger partial charge in [0.25, 0.3) is 0 Å². The van der Waals surface area contributed by atoms with Crippen LogP contribution < -0.4 is 0 Å². The third-order valence-electron chi connectivity index (χ3n) is 1.99. The van der Waals surface area contributed by atoms with Crippen molar-refractivity contribution < 1.29 is 4.42 Å². The Kier molecular flexibility index (Phi) is 2.05. The molecule has 2 aromatic rings. The van der Waals surface area contributed by atoms with E-state index < -0.39 is 0 Å². The van der Waals surface area contributed by atoms with Crippen LogP contribution >= 0.6 is 0 Å². The van der Waals surface area contributed by atoms with E-state index in [4.69, 9.17) is 4.42 Å². The summed E-state index contributed by atoms with van der Waals surface area (Å²) in [6.45, 7) is 4.38. The number of hydrogen-bond acceptors (Lipinski definition) is 2. The first kappa shape index (κ1) is 8.30. The largest absolute Gasteiger partial charge is 0.446 e. The Bertz CT molecular complexity index is 403. The average molecular weight is 175 g/mol. The summed E-state index contributed by atoms with van der Waals surface area (Å²) in [7, 11) is 0. The van der Waals surface area contributed by atoms with Crippen LogP contribution in [-0.2, 0) is 6.42 Å². The minimum Gasteiger partial charge on any atom is -0.446 e. The van der Waals surface area contributed by atoms with Gasteiger partial charge >= 0.3 is 0 Å². The van der Waals surface area contributed by atoms with E-state index in [1.807, 2.05) is 6.07 Å². The maximum atomic E-state index is 5.23. The molecule has 0 amide bonds. The van der Waals surface area contributed by atoms with Crippen molar-refractivity contribution in [1.82, 2.24) is 4.98 Å². The lowest BCUT2D eigenvalue weighted by Crippen LogP contribution is -1.96. The molecule has 2 nitrogen and oxygen atoms in total. The van der Waals surface area contributed by atoms with E-state index in [1.54, 1.807) is 6.26 Å². The van der Waals surface area contributed by atoms with Gasteiger partial charge in [-0.05, 0) is 30.5 Å². The van der Waals surface area contributed by atoms with Gasteiger partial charge in [-0.15, -0.1) is 0 Å². The van der Waals surface area contributed by atoms with Gasteiger partial charge in [0.2, 0.25) is 5.71 Å². The van der Waals surface area contributed by atoms with Crippen LogP contribution in [0, 0.1) is 5.92 Å². The maximum Gasteiger partial charge on any atom is 0.226 e. The summed E-state index contributed by atoms with van der Waals surface area (Å²) < 4.78 is 5.23. The van der Waals surface area contributed by atoms with E-state index in [9.17, 15) is 0 Å². The van der Waals surface area contributed by atoms with E-state index in [0.29, 0.717) is 5.92 Å². The lowest BCUT2D eigenvalue weighted by molar-refractivity contribution is 0.592. The second-order valence-corrected chi connectivity index (χ2v) is 3.72. The molecule has 68 valence electrons. The maximum absolute atomic E-state index is 5.23. The van der Waals surface area contributed by atoms with Crippen LogP contribution in [0.1, 0.15) is 19.5 Å². The molecule has 0 saturated carbocycles. The van der Waals surface area contributed by atoms with Crippen LogP contribution in [0.5, 0.6) is 0 Å². The summed E-state index contributed by atoms with van der Waals surface area (Å²) in [6.07, 6.45) is 2.69. The van der Waals surface area contributed by atoms with Gasteiger partial charge in [-0.2, -0.15) is 0 Å². The van der Waals surface area contributed by atoms with E-state index >= 15 is 0 Å². The van der Waals surface area contributed by atoms with E-state index in [1.165, 1.54) is 0 Å². The van der Waals surface area contributed by atoms with Gasteiger partial charge in [0.1, 0.15) is 0 Å². The monoisotopic (exact) mass is 175 g/mol. The van der Waals surface area contributed by atoms with Gasteiger partial charge in [0, 0.05) is 11.1 Å². The van der Waals surface area contributed by atoms with Crippen molar-refractivity contribution in [3.63, 3.8) is 0 Å². The number of furan rings is 1. The SMILES string of the molecule is CC(C)Cc1ccc2ccoc2n1. The minimum absolute atomic E-state index is 0.639. The Morgan fingerprint density at radius 3 is 2.92 bits per heavy atom. The molecule has 0 aliphatic rings. The molecule has 2 heteroatoms. The average Bonchev–Trinajstić information content (AvgIpc) is 2.49. The molecule has 0 unspecified atom stereocenters. The Morgan fingerprint density at radius 1 is 1.31 bits per heavy atom. The Hall–Kier alpha value is -1.31. The third-order valence-corrected chi connectivity index (χ3v) is 1.99. The van der Waals surface area contributed by atoms with E-state index in [-0.39, 0.29) is 0 Å². The Labute approximate surface area is 77.6 Å². The molecule has 2 aromatic heterocycles. The quantitative estimate of drug-likeness (QED) is 0.701. The lowest BCUT2D eigenvalue weighted by Gasteiger charge is -2.02. The normalized spacial score (nSPS) is 11.3. The molecule has 0 saturated heterocycles. The predicted molar refractivity (Wildman–Crippen MR) is 52.6 cm³/mol. The molecule has 2 heterocycles. The van der Waals surface area contributed by atoms with Crippen molar-refractivity contribution >= 4 is 11.1 Å². The topological polar surface area (TPSA) is 26.0 Å². The van der Waals surface area contributed by atoms with Gasteiger partial charge in [-0.3, -0.25) is 0 Å². The van der Waals surface area contributed by atoms with Crippen LogP contribution in [0.3, 0.4) is 0 Å². The number of pyridine rings is 1. The van der Waals surface area contributed by atoms with E-state index in [2.05, 4.69) is 31.0 Å². The van der Waals surface area contributed by atoms with Crippen molar-refractivity contribution in [3.05, 3.63) is 30.2 Å². The summed E-state index contributed by atoms with van der Waals surface area (Å²) >= 11 is 0. The summed E-state index contributed by atoms with van der Waals surface area (Å²) in [5.41, 5.74) is 1.86. The molecule has 0 atom stereocenters. The molecule has 0 N–H and O–H groups in total. The molecule has 13 heavy (non-hydrogen) atoms. The highest BCUT2D eigenvalue weighted by atomic mass is 16.3. The zero-order valence-corrected chi connectivity index (χ0v) is 7.95. The zero-order chi connectivity index (χ0) is 9.26. The zero-order valence-electron chi connectivity index (χ0n) is 7.95. The van der Waals surface area contributed by atoms with Crippen LogP contribution in [0.4, 0.5) is 0 Å². The standard InChI is InChI=1S/C11H13NO/c1-8(2)7-10-4-3-9-5-6-13-11(9)12-10/h3-6,8H,7H2,1-2H3. The van der Waals surface area contributed by atoms with Crippen LogP contribution in [0.25, 0.3) is 11.1 Å². The predicted octanol–water partition coefficient (Wildman–Crippen LogP) is 3.03. The molecule has 0 bridgehead atoms. The molecule has 0 spiro atoms. The molecule has 0 aliphatic carbocycles. The fourth-order valence-corrected chi connectivity index (χ4v) is 1.41. The third kappa shape index (κ3) is 1.72. The van der Waals surface area contributed by atoms with E-state index in [0.717, 1.165) is 23.2 Å². The van der Waals surface area contributed by atoms with Gasteiger partial charge in [-0.25, -0.2) is 4.98 Å². The smallest absolute Gasteiger partial charge is 0.226 e. The Morgan fingerprint density at radius 2 is 2.15 bits per heavy atom. The number of aromatic nitrogens is 1. The first-order valence-electron chi connectivity index (χ1n) is 4.59. The van der Waals surface area contributed by atoms with Crippen molar-refractivity contribution in [2.24, 2.45) is 5.92 Å². The summed E-state index contributed by atoms with van der Waals surface area (Å²) in [6, 6.07) is 6.06. The number of nitrogens with zero attached hydrogens (tertiary/aromatic N) is 1. The van der Waals surface area contributed by atoms with Gasteiger partial charge in [0.15, 0.2) is 0 Å². The second kappa shape index (κ2) is 3.21. The van der Waals surface area contributed by atoms with Crippen molar-refractivity contribution in [2.75, 3.05) is 0 Å². The molecule has 2 rings (SSSR count). The van der Waals surface area contributed by atoms with Crippen molar-refractivity contribution in [1.29, 1.82) is 0 Å². The molecule has 0 aliphatic heterocycles. The summed E-state index contributed by atoms with van der Waals surface area (Å²) in [5.74, 6) is 0.639. The fraction of sp³-hybridized carbons (Fsp3) is 0.364. The highest BCUT2D eigenvalue weighted by molar-refractivity contribution is 5.72. The first-order chi connectivity index (χ1) is 6.25. The van der Waals surface area contributed by atoms with Crippen molar-refractivity contribution in [3.8, 4) is 0 Å². The number of rotatable bonds is 2.